The molecule has 1 fully saturated rings. The van der Waals surface area contributed by atoms with Crippen molar-refractivity contribution in [1.29, 1.82) is 0 Å². The van der Waals surface area contributed by atoms with Crippen LogP contribution in [0.3, 0.4) is 0 Å². The Balaban J connectivity index is 1.97. The van der Waals surface area contributed by atoms with Crippen molar-refractivity contribution in [1.82, 2.24) is 4.90 Å². The van der Waals surface area contributed by atoms with Crippen LogP contribution in [0.5, 0.6) is 0 Å². The van der Waals surface area contributed by atoms with Crippen LogP contribution in [0.15, 0.2) is 30.3 Å². The highest BCUT2D eigenvalue weighted by Gasteiger charge is 2.35. The van der Waals surface area contributed by atoms with Crippen LogP contribution in [0.4, 0.5) is 8.78 Å². The fraction of sp³-hybridized carbons (Fsp3) is 0.316. The number of benzene rings is 2. The third-order valence-corrected chi connectivity index (χ3v) is 5.54. The topological polar surface area (TPSA) is 20.3 Å². The first-order valence-electron chi connectivity index (χ1n) is 7.80. The van der Waals surface area contributed by atoms with Crippen molar-refractivity contribution >= 4 is 17.7 Å². The Morgan fingerprint density at radius 2 is 1.83 bits per heavy atom. The third-order valence-electron chi connectivity index (χ3n) is 4.33. The zero-order chi connectivity index (χ0) is 17.4. The zero-order valence-electron chi connectivity index (χ0n) is 13.9. The number of amides is 1. The summed E-state index contributed by atoms with van der Waals surface area (Å²) in [6, 6.07) is 8.27. The van der Waals surface area contributed by atoms with E-state index in [1.807, 2.05) is 20.8 Å². The molecule has 0 bridgehead atoms. The molecule has 0 spiro atoms. The number of hydrogen-bond donors (Lipinski definition) is 0. The first-order valence-corrected chi connectivity index (χ1v) is 8.85. The Bertz CT molecular complexity index is 783. The van der Waals surface area contributed by atoms with E-state index in [1.54, 1.807) is 4.90 Å². The lowest BCUT2D eigenvalue weighted by Gasteiger charge is -2.27. The molecule has 0 N–H and O–H groups in total. The number of carbonyl (C=O) groups excluding carboxylic acids is 1. The van der Waals surface area contributed by atoms with Crippen LogP contribution in [0.25, 0.3) is 0 Å². The van der Waals surface area contributed by atoms with Gasteiger partial charge in [-0.05, 0) is 43.5 Å². The van der Waals surface area contributed by atoms with Gasteiger partial charge in [-0.1, -0.05) is 29.8 Å². The molecule has 3 rings (SSSR count). The highest BCUT2D eigenvalue weighted by Crippen LogP contribution is 2.42. The molecule has 1 aliphatic heterocycles. The van der Waals surface area contributed by atoms with Crippen LogP contribution in [0, 0.1) is 32.4 Å². The summed E-state index contributed by atoms with van der Waals surface area (Å²) in [4.78, 5) is 14.0. The van der Waals surface area contributed by atoms with E-state index in [1.165, 1.54) is 29.5 Å². The Kier molecular flexibility index (Phi) is 4.63. The molecular weight excluding hydrogens is 328 g/mol. The van der Waals surface area contributed by atoms with Gasteiger partial charge in [0.15, 0.2) is 11.6 Å². The summed E-state index contributed by atoms with van der Waals surface area (Å²) in [5, 5.41) is -0.166. The molecule has 5 heteroatoms. The van der Waals surface area contributed by atoms with E-state index in [4.69, 9.17) is 0 Å². The quantitative estimate of drug-likeness (QED) is 0.804. The third kappa shape index (κ3) is 3.05. The summed E-state index contributed by atoms with van der Waals surface area (Å²) >= 11 is 1.54. The van der Waals surface area contributed by atoms with Gasteiger partial charge in [0, 0.05) is 5.56 Å². The lowest BCUT2D eigenvalue weighted by Crippen LogP contribution is -2.29. The van der Waals surface area contributed by atoms with Crippen LogP contribution in [-0.4, -0.2) is 16.6 Å². The van der Waals surface area contributed by atoms with Gasteiger partial charge in [-0.15, -0.1) is 11.8 Å². The van der Waals surface area contributed by atoms with Crippen LogP contribution < -0.4 is 0 Å². The highest BCUT2D eigenvalue weighted by molar-refractivity contribution is 8.00. The molecule has 2 nitrogen and oxygen atoms in total. The fourth-order valence-electron chi connectivity index (χ4n) is 3.30. The Morgan fingerprint density at radius 3 is 2.50 bits per heavy atom. The number of thioether (sulfide) groups is 1. The van der Waals surface area contributed by atoms with Gasteiger partial charge >= 0.3 is 0 Å². The molecule has 2 aromatic carbocycles. The SMILES string of the molecule is Cc1cc(C)c(C2SCC(=O)N2Cc2cccc(F)c2F)c(C)c1. The monoisotopic (exact) mass is 347 g/mol. The van der Waals surface area contributed by atoms with Crippen LogP contribution in [0.2, 0.25) is 0 Å². The number of hydrogen-bond acceptors (Lipinski definition) is 2. The average Bonchev–Trinajstić information content (AvgIpc) is 2.84. The standard InChI is InChI=1S/C19H19F2NOS/c1-11-7-12(2)17(13(3)8-11)19-22(16(23)10-24-19)9-14-5-4-6-15(20)18(14)21/h4-8,19H,9-10H2,1-3H3. The molecule has 126 valence electrons. The molecular formula is C19H19F2NOS. The van der Waals surface area contributed by atoms with Gasteiger partial charge in [-0.3, -0.25) is 4.79 Å². The summed E-state index contributed by atoms with van der Waals surface area (Å²) < 4.78 is 27.5. The molecule has 0 saturated carbocycles. The van der Waals surface area contributed by atoms with Crippen molar-refractivity contribution in [3.8, 4) is 0 Å². The van der Waals surface area contributed by atoms with Gasteiger partial charge in [0.25, 0.3) is 0 Å². The van der Waals surface area contributed by atoms with E-state index >= 15 is 0 Å². The molecule has 1 saturated heterocycles. The van der Waals surface area contributed by atoms with Gasteiger partial charge < -0.3 is 4.90 Å². The molecule has 0 aromatic heterocycles. The van der Waals surface area contributed by atoms with Crippen molar-refractivity contribution in [2.75, 3.05) is 5.75 Å². The van der Waals surface area contributed by atoms with Gasteiger partial charge in [0.1, 0.15) is 5.37 Å². The minimum absolute atomic E-state index is 0.0481. The average molecular weight is 347 g/mol. The second kappa shape index (κ2) is 6.55. The Hall–Kier alpha value is -1.88. The van der Waals surface area contributed by atoms with Gasteiger partial charge in [0.05, 0.1) is 12.3 Å². The highest BCUT2D eigenvalue weighted by atomic mass is 32.2. The lowest BCUT2D eigenvalue weighted by molar-refractivity contribution is -0.128. The van der Waals surface area contributed by atoms with Gasteiger partial charge in [-0.25, -0.2) is 8.78 Å². The maximum atomic E-state index is 14.0. The van der Waals surface area contributed by atoms with Crippen LogP contribution >= 0.6 is 11.8 Å². The summed E-state index contributed by atoms with van der Waals surface area (Å²) in [6.45, 7) is 6.17. The predicted molar refractivity (Wildman–Crippen MR) is 92.8 cm³/mol. The number of carbonyl (C=O) groups is 1. The van der Waals surface area contributed by atoms with Crippen molar-refractivity contribution < 1.29 is 13.6 Å². The second-order valence-electron chi connectivity index (χ2n) is 6.21. The Labute approximate surface area is 144 Å². The van der Waals surface area contributed by atoms with Crippen molar-refractivity contribution in [3.63, 3.8) is 0 Å². The first kappa shape index (κ1) is 17.0. The summed E-state index contributed by atoms with van der Waals surface area (Å²) in [5.41, 5.74) is 4.70. The van der Waals surface area contributed by atoms with E-state index in [-0.39, 0.29) is 23.4 Å². The number of aryl methyl sites for hydroxylation is 3. The molecule has 0 radical (unpaired) electrons. The molecule has 1 aliphatic rings. The largest absolute Gasteiger partial charge is 0.321 e. The van der Waals surface area contributed by atoms with E-state index in [0.717, 1.165) is 22.8 Å². The summed E-state index contributed by atoms with van der Waals surface area (Å²) in [7, 11) is 0. The van der Waals surface area contributed by atoms with E-state index in [9.17, 15) is 13.6 Å². The molecule has 2 aromatic rings. The normalized spacial score (nSPS) is 17.6. The molecule has 1 heterocycles. The molecule has 24 heavy (non-hydrogen) atoms. The van der Waals surface area contributed by atoms with Crippen molar-refractivity contribution in [2.45, 2.75) is 32.7 Å². The minimum Gasteiger partial charge on any atom is -0.321 e. The number of halogens is 2. The zero-order valence-corrected chi connectivity index (χ0v) is 14.7. The molecule has 0 aliphatic carbocycles. The predicted octanol–water partition coefficient (Wildman–Crippen LogP) is 4.66. The minimum atomic E-state index is -0.883. The van der Waals surface area contributed by atoms with Crippen molar-refractivity contribution in [2.24, 2.45) is 0 Å². The smallest absolute Gasteiger partial charge is 0.234 e. The van der Waals surface area contributed by atoms with Crippen LogP contribution in [0.1, 0.15) is 33.2 Å². The molecule has 1 atom stereocenters. The second-order valence-corrected chi connectivity index (χ2v) is 7.28. The Morgan fingerprint density at radius 1 is 1.17 bits per heavy atom. The molecule has 1 amide bonds. The van der Waals surface area contributed by atoms with Crippen LogP contribution in [-0.2, 0) is 11.3 Å². The maximum absolute atomic E-state index is 14.0. The lowest BCUT2D eigenvalue weighted by atomic mass is 9.99. The van der Waals surface area contributed by atoms with Crippen molar-refractivity contribution in [3.05, 3.63) is 69.8 Å². The van der Waals surface area contributed by atoms with Gasteiger partial charge in [-0.2, -0.15) is 0 Å². The van der Waals surface area contributed by atoms with E-state index < -0.39 is 11.6 Å². The summed E-state index contributed by atoms with van der Waals surface area (Å²) in [6.07, 6.45) is 0. The van der Waals surface area contributed by atoms with Gasteiger partial charge in [0.2, 0.25) is 5.91 Å². The number of nitrogens with zero attached hydrogens (tertiary/aromatic N) is 1. The fourth-order valence-corrected chi connectivity index (χ4v) is 4.68. The first-order chi connectivity index (χ1) is 11.4. The van der Waals surface area contributed by atoms with E-state index in [2.05, 4.69) is 12.1 Å². The maximum Gasteiger partial charge on any atom is 0.234 e. The summed E-state index contributed by atoms with van der Waals surface area (Å²) in [5.74, 6) is -1.45. The van der Waals surface area contributed by atoms with E-state index in [0.29, 0.717) is 5.75 Å². The molecule has 1 unspecified atom stereocenters. The number of rotatable bonds is 3.